The van der Waals surface area contributed by atoms with Crippen LogP contribution in [0.2, 0.25) is 0 Å². The number of thiophene rings is 1. The highest BCUT2D eigenvalue weighted by molar-refractivity contribution is 7.07. The molecule has 24 heavy (non-hydrogen) atoms. The Morgan fingerprint density at radius 2 is 2.12 bits per heavy atom. The number of fused-ring (bicyclic) bond motifs is 1. The van der Waals surface area contributed by atoms with Gasteiger partial charge in [-0.2, -0.15) is 11.3 Å². The minimum Gasteiger partial charge on any atom is -0.493 e. The minimum absolute atomic E-state index is 0.112. The van der Waals surface area contributed by atoms with E-state index >= 15 is 0 Å². The van der Waals surface area contributed by atoms with Gasteiger partial charge in [0.15, 0.2) is 11.5 Å². The third kappa shape index (κ3) is 3.66. The Bertz CT molecular complexity index is 655. The summed E-state index contributed by atoms with van der Waals surface area (Å²) in [6, 6.07) is 6.22. The lowest BCUT2D eigenvalue weighted by Gasteiger charge is -2.29. The van der Waals surface area contributed by atoms with E-state index in [0.29, 0.717) is 18.0 Å². The second kappa shape index (κ2) is 7.88. The molecule has 0 saturated carbocycles. The van der Waals surface area contributed by atoms with Crippen molar-refractivity contribution in [2.75, 3.05) is 20.5 Å². The van der Waals surface area contributed by atoms with Gasteiger partial charge in [0.05, 0.1) is 13.7 Å². The fraction of sp³-hybridized carbons (Fsp3) is 0.444. The van der Waals surface area contributed by atoms with Gasteiger partial charge in [0.1, 0.15) is 0 Å². The zero-order valence-corrected chi connectivity index (χ0v) is 14.8. The average molecular weight is 349 g/mol. The first kappa shape index (κ1) is 17.1. The van der Waals surface area contributed by atoms with Gasteiger partial charge in [0, 0.05) is 19.1 Å². The van der Waals surface area contributed by atoms with Gasteiger partial charge in [-0.3, -0.25) is 4.90 Å². The minimum atomic E-state index is 0.112. The summed E-state index contributed by atoms with van der Waals surface area (Å²) in [6.45, 7) is 3.98. The SMILES string of the molecule is CCC(CO)N(Cc1ccsc1)Cc1cc(OC)c2c(c1)OCO2. The largest absolute Gasteiger partial charge is 0.493 e. The molecule has 0 saturated heterocycles. The molecule has 1 N–H and O–H groups in total. The number of ether oxygens (including phenoxy) is 3. The van der Waals surface area contributed by atoms with Gasteiger partial charge >= 0.3 is 0 Å². The molecule has 0 radical (unpaired) electrons. The molecule has 1 atom stereocenters. The van der Waals surface area contributed by atoms with Crippen LogP contribution in [0.5, 0.6) is 17.2 Å². The molecule has 3 rings (SSSR count). The van der Waals surface area contributed by atoms with E-state index in [2.05, 4.69) is 28.7 Å². The van der Waals surface area contributed by atoms with Crippen LogP contribution in [0.1, 0.15) is 24.5 Å². The van der Waals surface area contributed by atoms with Crippen molar-refractivity contribution in [3.63, 3.8) is 0 Å². The molecule has 2 aromatic rings. The molecule has 1 aromatic heterocycles. The fourth-order valence-electron chi connectivity index (χ4n) is 2.94. The lowest BCUT2D eigenvalue weighted by molar-refractivity contribution is 0.107. The molecule has 1 unspecified atom stereocenters. The highest BCUT2D eigenvalue weighted by atomic mass is 32.1. The Balaban J connectivity index is 1.84. The number of methoxy groups -OCH3 is 1. The van der Waals surface area contributed by atoms with E-state index in [1.165, 1.54) is 5.56 Å². The molecule has 0 fully saturated rings. The molecular formula is C18H23NO4S. The van der Waals surface area contributed by atoms with Gasteiger partial charge in [-0.25, -0.2) is 0 Å². The summed E-state index contributed by atoms with van der Waals surface area (Å²) in [5, 5.41) is 14.0. The highest BCUT2D eigenvalue weighted by Gasteiger charge is 2.23. The Morgan fingerprint density at radius 1 is 1.29 bits per heavy atom. The summed E-state index contributed by atoms with van der Waals surface area (Å²) in [4.78, 5) is 2.29. The first-order valence-corrected chi connectivity index (χ1v) is 9.02. The van der Waals surface area contributed by atoms with Gasteiger partial charge < -0.3 is 19.3 Å². The topological polar surface area (TPSA) is 51.2 Å². The lowest BCUT2D eigenvalue weighted by Crippen LogP contribution is -2.36. The van der Waals surface area contributed by atoms with Crippen molar-refractivity contribution in [3.05, 3.63) is 40.1 Å². The normalized spacial score (nSPS) is 14.2. The van der Waals surface area contributed by atoms with Gasteiger partial charge in [0.25, 0.3) is 0 Å². The zero-order valence-electron chi connectivity index (χ0n) is 14.0. The molecule has 0 aliphatic carbocycles. The van der Waals surface area contributed by atoms with Crippen molar-refractivity contribution in [1.29, 1.82) is 0 Å². The van der Waals surface area contributed by atoms with E-state index in [9.17, 15) is 5.11 Å². The summed E-state index contributed by atoms with van der Waals surface area (Å²) >= 11 is 1.69. The second-order valence-corrected chi connectivity index (χ2v) is 6.59. The van der Waals surface area contributed by atoms with Gasteiger partial charge in [-0.1, -0.05) is 6.92 Å². The first-order valence-electron chi connectivity index (χ1n) is 8.07. The zero-order chi connectivity index (χ0) is 16.9. The van der Waals surface area contributed by atoms with Gasteiger partial charge in [-0.15, -0.1) is 0 Å². The Labute approximate surface area is 146 Å². The van der Waals surface area contributed by atoms with E-state index in [1.54, 1.807) is 18.4 Å². The molecule has 0 amide bonds. The molecule has 130 valence electrons. The van der Waals surface area contributed by atoms with Gasteiger partial charge in [0.2, 0.25) is 12.5 Å². The van der Waals surface area contributed by atoms with Crippen molar-refractivity contribution in [2.45, 2.75) is 32.5 Å². The first-order chi connectivity index (χ1) is 11.7. The fourth-order valence-corrected chi connectivity index (χ4v) is 3.60. The quantitative estimate of drug-likeness (QED) is 0.793. The monoisotopic (exact) mass is 349 g/mol. The van der Waals surface area contributed by atoms with E-state index in [4.69, 9.17) is 14.2 Å². The van der Waals surface area contributed by atoms with Gasteiger partial charge in [-0.05, 0) is 46.5 Å². The lowest BCUT2D eigenvalue weighted by atomic mass is 10.1. The van der Waals surface area contributed by atoms with Crippen LogP contribution in [0.4, 0.5) is 0 Å². The number of benzene rings is 1. The predicted octanol–water partition coefficient (Wildman–Crippen LogP) is 3.26. The maximum Gasteiger partial charge on any atom is 0.231 e. The highest BCUT2D eigenvalue weighted by Crippen LogP contribution is 2.42. The predicted molar refractivity (Wildman–Crippen MR) is 93.8 cm³/mol. The summed E-state index contributed by atoms with van der Waals surface area (Å²) in [5.74, 6) is 2.07. The molecule has 2 heterocycles. The number of hydrogen-bond donors (Lipinski definition) is 1. The van der Waals surface area contributed by atoms with E-state index in [-0.39, 0.29) is 19.4 Å². The molecule has 0 bridgehead atoms. The number of hydrogen-bond acceptors (Lipinski definition) is 6. The number of nitrogens with zero attached hydrogens (tertiary/aromatic N) is 1. The Kier molecular flexibility index (Phi) is 5.60. The molecule has 0 spiro atoms. The molecular weight excluding hydrogens is 326 g/mol. The van der Waals surface area contributed by atoms with Crippen LogP contribution in [-0.2, 0) is 13.1 Å². The number of aliphatic hydroxyl groups excluding tert-OH is 1. The van der Waals surface area contributed by atoms with Crippen molar-refractivity contribution in [1.82, 2.24) is 4.90 Å². The van der Waals surface area contributed by atoms with Crippen LogP contribution < -0.4 is 14.2 Å². The molecule has 1 aromatic carbocycles. The van der Waals surface area contributed by atoms with Crippen LogP contribution in [0.15, 0.2) is 29.0 Å². The number of rotatable bonds is 8. The van der Waals surface area contributed by atoms with Crippen LogP contribution in [0, 0.1) is 0 Å². The van der Waals surface area contributed by atoms with Crippen molar-refractivity contribution < 1.29 is 19.3 Å². The Hall–Kier alpha value is -1.76. The number of aliphatic hydroxyl groups is 1. The molecule has 1 aliphatic rings. The smallest absolute Gasteiger partial charge is 0.231 e. The Morgan fingerprint density at radius 3 is 2.79 bits per heavy atom. The van der Waals surface area contributed by atoms with Crippen molar-refractivity contribution in [2.24, 2.45) is 0 Å². The van der Waals surface area contributed by atoms with Crippen LogP contribution in [0.3, 0.4) is 0 Å². The maximum absolute atomic E-state index is 9.75. The van der Waals surface area contributed by atoms with Crippen molar-refractivity contribution in [3.8, 4) is 17.2 Å². The average Bonchev–Trinajstić information content (AvgIpc) is 3.26. The molecule has 1 aliphatic heterocycles. The maximum atomic E-state index is 9.75. The second-order valence-electron chi connectivity index (χ2n) is 5.81. The van der Waals surface area contributed by atoms with Crippen LogP contribution >= 0.6 is 11.3 Å². The van der Waals surface area contributed by atoms with Crippen molar-refractivity contribution >= 4 is 11.3 Å². The summed E-state index contributed by atoms with van der Waals surface area (Å²) < 4.78 is 16.4. The standard InChI is InChI=1S/C18H23NO4S/c1-3-15(10-20)19(8-13-4-5-24-11-13)9-14-6-16(21-2)18-17(7-14)22-12-23-18/h4-7,11,15,20H,3,8-10,12H2,1-2H3. The summed E-state index contributed by atoms with van der Waals surface area (Å²) in [6.07, 6.45) is 0.891. The van der Waals surface area contributed by atoms with Crippen LogP contribution in [-0.4, -0.2) is 36.6 Å². The van der Waals surface area contributed by atoms with E-state index in [0.717, 1.165) is 24.3 Å². The van der Waals surface area contributed by atoms with Crippen LogP contribution in [0.25, 0.3) is 0 Å². The van der Waals surface area contributed by atoms with E-state index < -0.39 is 0 Å². The molecule has 5 nitrogen and oxygen atoms in total. The van der Waals surface area contributed by atoms with E-state index in [1.807, 2.05) is 12.1 Å². The third-order valence-electron chi connectivity index (χ3n) is 4.27. The third-order valence-corrected chi connectivity index (χ3v) is 5.00. The molecule has 6 heteroatoms. The summed E-state index contributed by atoms with van der Waals surface area (Å²) in [5.41, 5.74) is 2.35. The summed E-state index contributed by atoms with van der Waals surface area (Å²) in [7, 11) is 1.63.